The summed E-state index contributed by atoms with van der Waals surface area (Å²) in [5, 5.41) is 3.85. The molecule has 4 aliphatic carbocycles. The third-order valence-corrected chi connectivity index (χ3v) is 5.75. The fourth-order valence-electron chi connectivity index (χ4n) is 6.25. The summed E-state index contributed by atoms with van der Waals surface area (Å²) in [4.78, 5) is 4.01. The van der Waals surface area contributed by atoms with E-state index in [0.717, 1.165) is 18.2 Å². The van der Waals surface area contributed by atoms with Gasteiger partial charge in [-0.1, -0.05) is 13.8 Å². The van der Waals surface area contributed by atoms with Crippen LogP contribution in [0.3, 0.4) is 0 Å². The Morgan fingerprint density at radius 1 is 1.21 bits per heavy atom. The molecule has 104 valence electrons. The Morgan fingerprint density at radius 2 is 1.95 bits per heavy atom. The first-order valence-corrected chi connectivity index (χ1v) is 7.61. The topological polar surface area (TPSA) is 38.1 Å². The molecule has 0 amide bonds. The zero-order valence-corrected chi connectivity index (χ0v) is 12.0. The van der Waals surface area contributed by atoms with Crippen molar-refractivity contribution in [1.82, 2.24) is 10.3 Å². The molecule has 4 fully saturated rings. The van der Waals surface area contributed by atoms with Crippen LogP contribution in [-0.2, 0) is 6.54 Å². The molecule has 0 aliphatic heterocycles. The number of hydrogen-bond acceptors (Lipinski definition) is 3. The predicted octanol–water partition coefficient (Wildman–Crippen LogP) is 3.51. The molecule has 0 spiro atoms. The molecule has 0 aromatic carbocycles. The van der Waals surface area contributed by atoms with E-state index in [2.05, 4.69) is 24.1 Å². The van der Waals surface area contributed by atoms with Gasteiger partial charge in [0.1, 0.15) is 5.76 Å². The average Bonchev–Trinajstić information content (AvgIpc) is 2.73. The number of hydrogen-bond donors (Lipinski definition) is 1. The quantitative estimate of drug-likeness (QED) is 0.903. The molecule has 1 aromatic heterocycles. The molecule has 0 saturated heterocycles. The lowest BCUT2D eigenvalue weighted by Crippen LogP contribution is -2.63. The molecule has 3 heteroatoms. The van der Waals surface area contributed by atoms with E-state index in [4.69, 9.17) is 4.42 Å². The molecule has 0 radical (unpaired) electrons. The van der Waals surface area contributed by atoms with Crippen molar-refractivity contribution in [2.24, 2.45) is 16.7 Å². The molecule has 2 atom stereocenters. The number of oxazole rings is 1. The molecule has 1 N–H and O–H groups in total. The van der Waals surface area contributed by atoms with Gasteiger partial charge >= 0.3 is 0 Å². The van der Waals surface area contributed by atoms with E-state index in [9.17, 15) is 0 Å². The van der Waals surface area contributed by atoms with Crippen LogP contribution in [0.2, 0.25) is 0 Å². The second-order valence-electron chi connectivity index (χ2n) is 8.23. The van der Waals surface area contributed by atoms with E-state index in [1.165, 1.54) is 44.9 Å². The van der Waals surface area contributed by atoms with E-state index in [0.29, 0.717) is 16.4 Å². The molecule has 5 rings (SSSR count). The van der Waals surface area contributed by atoms with Gasteiger partial charge in [-0.3, -0.25) is 0 Å². The standard InChI is InChI=1S/C16H24N2O/c1-14-3-12-4-15(2,8-14)10-16(5-12,9-14)18-7-13-6-17-11-19-13/h6,11-12,18H,3-5,7-10H2,1-2H3. The fourth-order valence-corrected chi connectivity index (χ4v) is 6.25. The Kier molecular flexibility index (Phi) is 2.28. The molecule has 2 unspecified atom stereocenters. The molecular weight excluding hydrogens is 236 g/mol. The summed E-state index contributed by atoms with van der Waals surface area (Å²) in [6, 6.07) is 0. The summed E-state index contributed by atoms with van der Waals surface area (Å²) in [5.74, 6) is 1.90. The summed E-state index contributed by atoms with van der Waals surface area (Å²) >= 11 is 0. The Balaban J connectivity index is 1.57. The number of rotatable bonds is 3. The van der Waals surface area contributed by atoms with Crippen LogP contribution in [0.5, 0.6) is 0 Å². The van der Waals surface area contributed by atoms with Gasteiger partial charge in [-0.2, -0.15) is 0 Å². The maximum absolute atomic E-state index is 5.37. The van der Waals surface area contributed by atoms with Crippen molar-refractivity contribution in [2.45, 2.75) is 64.5 Å². The van der Waals surface area contributed by atoms with Gasteiger partial charge in [0.15, 0.2) is 6.39 Å². The van der Waals surface area contributed by atoms with Crippen LogP contribution in [0, 0.1) is 16.7 Å². The lowest BCUT2D eigenvalue weighted by atomic mass is 9.43. The summed E-state index contributed by atoms with van der Waals surface area (Å²) in [7, 11) is 0. The largest absolute Gasteiger partial charge is 0.447 e. The highest BCUT2D eigenvalue weighted by Crippen LogP contribution is 2.66. The van der Waals surface area contributed by atoms with Gasteiger partial charge in [-0.15, -0.1) is 0 Å². The van der Waals surface area contributed by atoms with Crippen LogP contribution >= 0.6 is 0 Å². The van der Waals surface area contributed by atoms with Crippen LogP contribution in [-0.4, -0.2) is 10.5 Å². The molecule has 1 aromatic rings. The summed E-state index contributed by atoms with van der Waals surface area (Å²) in [6.07, 6.45) is 11.8. The van der Waals surface area contributed by atoms with Crippen LogP contribution in [0.1, 0.15) is 58.1 Å². The molecule has 4 aliphatic rings. The Bertz CT molecular complexity index is 463. The van der Waals surface area contributed by atoms with Crippen LogP contribution in [0.4, 0.5) is 0 Å². The molecule has 19 heavy (non-hydrogen) atoms. The van der Waals surface area contributed by atoms with Crippen molar-refractivity contribution in [3.05, 3.63) is 18.4 Å². The molecule has 1 heterocycles. The van der Waals surface area contributed by atoms with Gasteiger partial charge in [0.05, 0.1) is 12.7 Å². The maximum atomic E-state index is 5.37. The second-order valence-corrected chi connectivity index (χ2v) is 8.23. The van der Waals surface area contributed by atoms with Gasteiger partial charge in [-0.05, 0) is 55.3 Å². The van der Waals surface area contributed by atoms with E-state index in [1.807, 2.05) is 6.20 Å². The first kappa shape index (κ1) is 12.0. The monoisotopic (exact) mass is 260 g/mol. The van der Waals surface area contributed by atoms with Gasteiger partial charge in [0, 0.05) is 5.54 Å². The predicted molar refractivity (Wildman–Crippen MR) is 73.5 cm³/mol. The van der Waals surface area contributed by atoms with E-state index in [-0.39, 0.29) is 0 Å². The van der Waals surface area contributed by atoms with Crippen LogP contribution in [0.25, 0.3) is 0 Å². The van der Waals surface area contributed by atoms with Crippen molar-refractivity contribution in [3.8, 4) is 0 Å². The summed E-state index contributed by atoms with van der Waals surface area (Å²) in [6.45, 7) is 5.86. The lowest BCUT2D eigenvalue weighted by Gasteiger charge is -2.65. The second kappa shape index (κ2) is 3.63. The molecule has 4 bridgehead atoms. The Hall–Kier alpha value is -0.830. The zero-order chi connectivity index (χ0) is 13.1. The lowest BCUT2D eigenvalue weighted by molar-refractivity contribution is -0.118. The molecule has 3 nitrogen and oxygen atoms in total. The smallest absolute Gasteiger partial charge is 0.180 e. The third kappa shape index (κ3) is 1.94. The van der Waals surface area contributed by atoms with Gasteiger partial charge in [-0.25, -0.2) is 4.98 Å². The van der Waals surface area contributed by atoms with Gasteiger partial charge in [0.25, 0.3) is 0 Å². The number of nitrogens with zero attached hydrogens (tertiary/aromatic N) is 1. The van der Waals surface area contributed by atoms with Crippen molar-refractivity contribution in [3.63, 3.8) is 0 Å². The van der Waals surface area contributed by atoms with Crippen molar-refractivity contribution >= 4 is 0 Å². The maximum Gasteiger partial charge on any atom is 0.180 e. The van der Waals surface area contributed by atoms with E-state index >= 15 is 0 Å². The Labute approximate surface area is 115 Å². The highest BCUT2D eigenvalue weighted by atomic mass is 16.3. The average molecular weight is 260 g/mol. The minimum atomic E-state index is 0.357. The SMILES string of the molecule is CC12CC3CC(C)(C1)CC(NCc1cnco1)(C3)C2. The van der Waals surface area contributed by atoms with Crippen LogP contribution < -0.4 is 5.32 Å². The first-order chi connectivity index (χ1) is 8.99. The van der Waals surface area contributed by atoms with Gasteiger partial charge in [0.2, 0.25) is 0 Å². The minimum absolute atomic E-state index is 0.357. The molecule has 4 saturated carbocycles. The highest BCUT2D eigenvalue weighted by Gasteiger charge is 2.59. The van der Waals surface area contributed by atoms with Crippen LogP contribution in [0.15, 0.2) is 17.0 Å². The van der Waals surface area contributed by atoms with Crippen molar-refractivity contribution in [2.75, 3.05) is 0 Å². The summed E-state index contributed by atoms with van der Waals surface area (Å²) < 4.78 is 5.37. The minimum Gasteiger partial charge on any atom is -0.447 e. The fraction of sp³-hybridized carbons (Fsp3) is 0.812. The first-order valence-electron chi connectivity index (χ1n) is 7.61. The van der Waals surface area contributed by atoms with E-state index < -0.39 is 0 Å². The van der Waals surface area contributed by atoms with Crippen molar-refractivity contribution < 1.29 is 4.42 Å². The number of nitrogens with one attached hydrogen (secondary N) is 1. The van der Waals surface area contributed by atoms with Gasteiger partial charge < -0.3 is 9.73 Å². The summed E-state index contributed by atoms with van der Waals surface area (Å²) in [5.41, 5.74) is 1.50. The number of aromatic nitrogens is 1. The zero-order valence-electron chi connectivity index (χ0n) is 12.0. The van der Waals surface area contributed by atoms with Crippen molar-refractivity contribution in [1.29, 1.82) is 0 Å². The normalized spacial score (nSPS) is 47.8. The van der Waals surface area contributed by atoms with E-state index in [1.54, 1.807) is 0 Å². The highest BCUT2D eigenvalue weighted by molar-refractivity contribution is 5.14. The Morgan fingerprint density at radius 3 is 2.53 bits per heavy atom. The third-order valence-electron chi connectivity index (χ3n) is 5.75. The molecular formula is C16H24N2O.